The van der Waals surface area contributed by atoms with Crippen molar-refractivity contribution >= 4 is 46.5 Å². The van der Waals surface area contributed by atoms with Crippen LogP contribution in [0.4, 0.5) is 11.4 Å². The maximum atomic E-state index is 11.7. The first-order chi connectivity index (χ1) is 11.0. The first kappa shape index (κ1) is 17.1. The van der Waals surface area contributed by atoms with Crippen molar-refractivity contribution in [1.29, 1.82) is 0 Å². The summed E-state index contributed by atoms with van der Waals surface area (Å²) in [7, 11) is 0. The van der Waals surface area contributed by atoms with Crippen molar-refractivity contribution in [3.8, 4) is 0 Å². The second-order valence-corrected chi connectivity index (χ2v) is 5.40. The minimum absolute atomic E-state index is 0.0987. The van der Waals surface area contributed by atoms with Crippen LogP contribution in [0.15, 0.2) is 42.5 Å². The third-order valence-electron chi connectivity index (χ3n) is 2.93. The maximum Gasteiger partial charge on any atom is 0.310 e. The Morgan fingerprint density at radius 3 is 2.35 bits per heavy atom. The van der Waals surface area contributed by atoms with Crippen LogP contribution in [-0.2, 0) is 20.7 Å². The number of esters is 1. The average molecular weight is 353 g/mol. The number of para-hydroxylation sites is 2. The number of ether oxygens (including phenoxy) is 1. The van der Waals surface area contributed by atoms with Crippen LogP contribution in [0.3, 0.4) is 0 Å². The Labute approximate surface area is 142 Å². The topological polar surface area (TPSA) is 78.5 Å². The molecular formula is C16H12Cl2NO4-. The number of aliphatic carboxylic acids is 1. The van der Waals surface area contributed by atoms with Gasteiger partial charge in [-0.3, -0.25) is 4.79 Å². The number of hydrogen-bond acceptors (Lipinski definition) is 5. The number of carbonyl (C=O) groups is 2. The van der Waals surface area contributed by atoms with Crippen molar-refractivity contribution in [3.05, 3.63) is 58.1 Å². The third-order valence-corrected chi connectivity index (χ3v) is 3.56. The van der Waals surface area contributed by atoms with E-state index in [1.807, 2.05) is 0 Å². The van der Waals surface area contributed by atoms with Crippen LogP contribution >= 0.6 is 23.2 Å². The van der Waals surface area contributed by atoms with Gasteiger partial charge in [0.05, 0.1) is 28.1 Å². The number of anilines is 2. The lowest BCUT2D eigenvalue weighted by atomic mass is 10.1. The van der Waals surface area contributed by atoms with Crippen molar-refractivity contribution in [3.63, 3.8) is 0 Å². The fourth-order valence-corrected chi connectivity index (χ4v) is 2.39. The molecule has 23 heavy (non-hydrogen) atoms. The Kier molecular flexibility index (Phi) is 5.84. The molecule has 0 bridgehead atoms. The van der Waals surface area contributed by atoms with Gasteiger partial charge in [0.15, 0.2) is 0 Å². The number of nitrogens with one attached hydrogen (secondary N) is 1. The SMILES string of the molecule is O=C([O-])COC(=O)Cc1ccccc1Nc1c(Cl)cccc1Cl. The normalized spacial score (nSPS) is 10.2. The lowest BCUT2D eigenvalue weighted by Gasteiger charge is -2.14. The molecule has 120 valence electrons. The van der Waals surface area contributed by atoms with E-state index in [9.17, 15) is 14.7 Å². The van der Waals surface area contributed by atoms with E-state index in [-0.39, 0.29) is 6.42 Å². The van der Waals surface area contributed by atoms with Crippen LogP contribution in [0.1, 0.15) is 5.56 Å². The Morgan fingerprint density at radius 2 is 1.70 bits per heavy atom. The van der Waals surface area contributed by atoms with Gasteiger partial charge in [0.1, 0.15) is 6.61 Å². The molecule has 0 amide bonds. The Morgan fingerprint density at radius 1 is 1.04 bits per heavy atom. The van der Waals surface area contributed by atoms with E-state index in [1.54, 1.807) is 42.5 Å². The van der Waals surface area contributed by atoms with Crippen molar-refractivity contribution in [2.45, 2.75) is 6.42 Å². The van der Waals surface area contributed by atoms with Crippen LogP contribution in [0.5, 0.6) is 0 Å². The monoisotopic (exact) mass is 352 g/mol. The van der Waals surface area contributed by atoms with Crippen molar-refractivity contribution in [1.82, 2.24) is 0 Å². The molecule has 7 heteroatoms. The highest BCUT2D eigenvalue weighted by atomic mass is 35.5. The zero-order valence-corrected chi connectivity index (χ0v) is 13.4. The van der Waals surface area contributed by atoms with Gasteiger partial charge in [-0.15, -0.1) is 0 Å². The summed E-state index contributed by atoms with van der Waals surface area (Å²) < 4.78 is 4.58. The van der Waals surface area contributed by atoms with Crippen molar-refractivity contribution in [2.24, 2.45) is 0 Å². The Balaban J connectivity index is 2.18. The van der Waals surface area contributed by atoms with Crippen LogP contribution < -0.4 is 10.4 Å². The lowest BCUT2D eigenvalue weighted by Crippen LogP contribution is -2.29. The summed E-state index contributed by atoms with van der Waals surface area (Å²) >= 11 is 12.2. The molecule has 0 atom stereocenters. The van der Waals surface area contributed by atoms with E-state index in [2.05, 4.69) is 10.1 Å². The summed E-state index contributed by atoms with van der Waals surface area (Å²) in [6.07, 6.45) is -0.0987. The second kappa shape index (κ2) is 7.85. The molecule has 0 aliphatic carbocycles. The summed E-state index contributed by atoms with van der Waals surface area (Å²) in [5.74, 6) is -2.12. The summed E-state index contributed by atoms with van der Waals surface area (Å²) in [5, 5.41) is 14.3. The molecule has 0 unspecified atom stereocenters. The highest BCUT2D eigenvalue weighted by molar-refractivity contribution is 6.39. The zero-order chi connectivity index (χ0) is 16.8. The van der Waals surface area contributed by atoms with Crippen LogP contribution in [0, 0.1) is 0 Å². The van der Waals surface area contributed by atoms with Gasteiger partial charge in [0.2, 0.25) is 0 Å². The van der Waals surface area contributed by atoms with Gasteiger partial charge in [-0.2, -0.15) is 0 Å². The summed E-state index contributed by atoms with van der Waals surface area (Å²) in [6, 6.07) is 12.1. The van der Waals surface area contributed by atoms with E-state index in [0.717, 1.165) is 0 Å². The number of carboxylic acid groups (broad SMARTS) is 1. The Bertz CT molecular complexity index is 714. The first-order valence-corrected chi connectivity index (χ1v) is 7.37. The summed E-state index contributed by atoms with van der Waals surface area (Å²) in [6.45, 7) is -0.773. The number of carboxylic acids is 1. The second-order valence-electron chi connectivity index (χ2n) is 4.59. The van der Waals surface area contributed by atoms with Crippen molar-refractivity contribution < 1.29 is 19.4 Å². The fraction of sp³-hybridized carbons (Fsp3) is 0.125. The number of halogens is 2. The quantitative estimate of drug-likeness (QED) is 0.808. The third kappa shape index (κ3) is 4.87. The molecule has 0 aliphatic heterocycles. The van der Waals surface area contributed by atoms with E-state index in [1.165, 1.54) is 0 Å². The molecular weight excluding hydrogens is 341 g/mol. The van der Waals surface area contributed by atoms with Crippen LogP contribution in [0.2, 0.25) is 10.0 Å². The van der Waals surface area contributed by atoms with Gasteiger partial charge in [0.25, 0.3) is 0 Å². The molecule has 5 nitrogen and oxygen atoms in total. The molecule has 2 aromatic carbocycles. The van der Waals surface area contributed by atoms with Crippen LogP contribution in [-0.4, -0.2) is 18.5 Å². The molecule has 0 aliphatic rings. The molecule has 0 saturated carbocycles. The molecule has 0 fully saturated rings. The predicted octanol–water partition coefficient (Wildman–Crippen LogP) is 2.57. The predicted molar refractivity (Wildman–Crippen MR) is 85.9 cm³/mol. The minimum Gasteiger partial charge on any atom is -0.546 e. The van der Waals surface area contributed by atoms with Gasteiger partial charge < -0.3 is 20.0 Å². The largest absolute Gasteiger partial charge is 0.546 e. The molecule has 0 spiro atoms. The first-order valence-electron chi connectivity index (χ1n) is 6.62. The van der Waals surface area contributed by atoms with Gasteiger partial charge in [0, 0.05) is 5.69 Å². The summed E-state index contributed by atoms with van der Waals surface area (Å²) in [5.41, 5.74) is 1.76. The highest BCUT2D eigenvalue weighted by Crippen LogP contribution is 2.33. The highest BCUT2D eigenvalue weighted by Gasteiger charge is 2.12. The smallest absolute Gasteiger partial charge is 0.310 e. The number of carbonyl (C=O) groups excluding carboxylic acids is 2. The van der Waals surface area contributed by atoms with E-state index < -0.39 is 18.5 Å². The molecule has 2 aromatic rings. The van der Waals surface area contributed by atoms with Gasteiger partial charge >= 0.3 is 5.97 Å². The molecule has 0 saturated heterocycles. The summed E-state index contributed by atoms with van der Waals surface area (Å²) in [4.78, 5) is 22.0. The average Bonchev–Trinajstić information content (AvgIpc) is 2.50. The Hall–Kier alpha value is -2.24. The maximum absolute atomic E-state index is 11.7. The molecule has 0 aromatic heterocycles. The molecule has 0 radical (unpaired) electrons. The van der Waals surface area contributed by atoms with Crippen molar-refractivity contribution in [2.75, 3.05) is 11.9 Å². The number of hydrogen-bond donors (Lipinski definition) is 1. The fourth-order valence-electron chi connectivity index (χ4n) is 1.89. The molecule has 1 N–H and O–H groups in total. The lowest BCUT2D eigenvalue weighted by molar-refractivity contribution is -0.308. The van der Waals surface area contributed by atoms with E-state index in [4.69, 9.17) is 23.2 Å². The van der Waals surface area contributed by atoms with Gasteiger partial charge in [-0.25, -0.2) is 0 Å². The minimum atomic E-state index is -1.45. The standard InChI is InChI=1S/C16H13Cl2NO4/c17-11-5-3-6-12(18)16(11)19-13-7-2-1-4-10(13)8-15(22)23-9-14(20)21/h1-7,19H,8-9H2,(H,20,21)/p-1. The van der Waals surface area contributed by atoms with Gasteiger partial charge in [-0.05, 0) is 23.8 Å². The number of rotatable bonds is 6. The zero-order valence-electron chi connectivity index (χ0n) is 11.8. The van der Waals surface area contributed by atoms with E-state index in [0.29, 0.717) is 27.0 Å². The van der Waals surface area contributed by atoms with Gasteiger partial charge in [-0.1, -0.05) is 47.5 Å². The van der Waals surface area contributed by atoms with Crippen LogP contribution in [0.25, 0.3) is 0 Å². The number of benzene rings is 2. The van der Waals surface area contributed by atoms with E-state index >= 15 is 0 Å². The molecule has 0 heterocycles. The molecule has 2 rings (SSSR count).